The first-order valence-corrected chi connectivity index (χ1v) is 15.2. The molecule has 206 valence electrons. The number of hydrogen-bond donors (Lipinski definition) is 1. The highest BCUT2D eigenvalue weighted by atomic mass is 35.5. The number of rotatable bonds is 6. The summed E-state index contributed by atoms with van der Waals surface area (Å²) in [6.45, 7) is 5.55. The van der Waals surface area contributed by atoms with E-state index in [1.54, 1.807) is 25.1 Å². The van der Waals surface area contributed by atoms with Crippen molar-refractivity contribution >= 4 is 39.1 Å². The molecular formula is C30H31Cl2NO5S. The van der Waals surface area contributed by atoms with E-state index in [9.17, 15) is 13.2 Å². The Bertz CT molecular complexity index is 1490. The summed E-state index contributed by atoms with van der Waals surface area (Å²) in [6.07, 6.45) is 0.731. The average molecular weight is 589 g/mol. The summed E-state index contributed by atoms with van der Waals surface area (Å²) in [5.74, 6) is -0.816. The smallest absolute Gasteiger partial charge is 0.264 e. The molecule has 1 amide bonds. The van der Waals surface area contributed by atoms with E-state index in [2.05, 4.69) is 4.72 Å². The molecule has 3 aromatic rings. The Morgan fingerprint density at radius 2 is 1.79 bits per heavy atom. The number of ether oxygens (including phenoxy) is 2. The van der Waals surface area contributed by atoms with Crippen LogP contribution in [-0.2, 0) is 26.0 Å². The molecule has 3 aromatic carbocycles. The third-order valence-electron chi connectivity index (χ3n) is 7.83. The minimum Gasteiger partial charge on any atom is -0.487 e. The maximum atomic E-state index is 13.7. The van der Waals surface area contributed by atoms with Gasteiger partial charge in [0.1, 0.15) is 11.4 Å². The zero-order chi connectivity index (χ0) is 27.9. The molecule has 0 unspecified atom stereocenters. The van der Waals surface area contributed by atoms with Crippen molar-refractivity contribution in [2.45, 2.75) is 62.7 Å². The standard InChI is InChI=1S/C30H31Cl2NO5S/c1-18-24(32)10-7-11-27(18)39(35,36)33-29(34)22-17-23-28(37-25(22)14-12-19-8-5-4-6-9-19)21-16-20(31)13-15-26(21)38-30(23,2)3/h4-11,13,15-16,22-23,25,28H,12,14,17H2,1-3H3,(H,33,34)/t22-,23-,25-,28+/m0/s1. The van der Waals surface area contributed by atoms with E-state index >= 15 is 0 Å². The number of halogens is 2. The Morgan fingerprint density at radius 1 is 1.05 bits per heavy atom. The van der Waals surface area contributed by atoms with E-state index < -0.39 is 33.6 Å². The van der Waals surface area contributed by atoms with Crippen molar-refractivity contribution in [1.29, 1.82) is 0 Å². The summed E-state index contributed by atoms with van der Waals surface area (Å²) in [5, 5.41) is 0.886. The number of carbonyl (C=O) groups is 1. The normalized spacial score (nSPS) is 23.7. The molecule has 0 aromatic heterocycles. The van der Waals surface area contributed by atoms with E-state index in [1.807, 2.05) is 56.3 Å². The largest absolute Gasteiger partial charge is 0.487 e. The van der Waals surface area contributed by atoms with E-state index in [-0.39, 0.29) is 16.9 Å². The number of nitrogens with one attached hydrogen (secondary N) is 1. The molecule has 2 aliphatic rings. The molecule has 0 spiro atoms. The minimum absolute atomic E-state index is 0.0244. The lowest BCUT2D eigenvalue weighted by molar-refractivity contribution is -0.179. The molecule has 0 saturated carbocycles. The molecule has 1 N–H and O–H groups in total. The number of amides is 1. The number of aryl methyl sites for hydroxylation is 1. The summed E-state index contributed by atoms with van der Waals surface area (Å²) in [6, 6.07) is 20.0. The van der Waals surface area contributed by atoms with Gasteiger partial charge in [-0.25, -0.2) is 13.1 Å². The molecule has 0 radical (unpaired) electrons. The number of fused-ring (bicyclic) bond motifs is 3. The number of hydrogen-bond acceptors (Lipinski definition) is 5. The van der Waals surface area contributed by atoms with Crippen molar-refractivity contribution in [3.63, 3.8) is 0 Å². The second kappa shape index (κ2) is 10.8. The zero-order valence-electron chi connectivity index (χ0n) is 22.0. The monoisotopic (exact) mass is 587 g/mol. The molecule has 9 heteroatoms. The Kier molecular flexibility index (Phi) is 7.72. The summed E-state index contributed by atoms with van der Waals surface area (Å²) in [4.78, 5) is 13.7. The van der Waals surface area contributed by atoms with Crippen LogP contribution in [0.5, 0.6) is 5.75 Å². The fourth-order valence-electron chi connectivity index (χ4n) is 5.70. The third kappa shape index (κ3) is 5.68. The fraction of sp³-hybridized carbons (Fsp3) is 0.367. The van der Waals surface area contributed by atoms with Gasteiger partial charge in [0.2, 0.25) is 5.91 Å². The summed E-state index contributed by atoms with van der Waals surface area (Å²) in [5.41, 5.74) is 1.69. The van der Waals surface area contributed by atoms with Gasteiger partial charge in [0.05, 0.1) is 23.0 Å². The van der Waals surface area contributed by atoms with Crippen LogP contribution >= 0.6 is 23.2 Å². The van der Waals surface area contributed by atoms with Crippen LogP contribution in [0.4, 0.5) is 0 Å². The average Bonchev–Trinajstić information content (AvgIpc) is 2.89. The molecule has 0 aliphatic carbocycles. The van der Waals surface area contributed by atoms with Crippen LogP contribution in [0.25, 0.3) is 0 Å². The Morgan fingerprint density at radius 3 is 2.54 bits per heavy atom. The van der Waals surface area contributed by atoms with Crippen LogP contribution < -0.4 is 9.46 Å². The lowest BCUT2D eigenvalue weighted by Crippen LogP contribution is -2.54. The van der Waals surface area contributed by atoms with E-state index in [0.717, 1.165) is 11.1 Å². The summed E-state index contributed by atoms with van der Waals surface area (Å²) >= 11 is 12.5. The molecule has 5 rings (SSSR count). The van der Waals surface area contributed by atoms with E-state index in [0.29, 0.717) is 40.6 Å². The van der Waals surface area contributed by atoms with Gasteiger partial charge < -0.3 is 9.47 Å². The van der Waals surface area contributed by atoms with Gasteiger partial charge in [0, 0.05) is 21.5 Å². The predicted molar refractivity (Wildman–Crippen MR) is 152 cm³/mol. The molecule has 6 nitrogen and oxygen atoms in total. The fourth-order valence-corrected chi connectivity index (χ4v) is 7.41. The van der Waals surface area contributed by atoms with Gasteiger partial charge in [-0.1, -0.05) is 59.6 Å². The molecule has 39 heavy (non-hydrogen) atoms. The molecule has 1 saturated heterocycles. The van der Waals surface area contributed by atoms with Crippen molar-refractivity contribution < 1.29 is 22.7 Å². The van der Waals surface area contributed by atoms with Gasteiger partial charge in [0.15, 0.2) is 0 Å². The number of carbonyl (C=O) groups excluding carboxylic acids is 1. The van der Waals surface area contributed by atoms with Gasteiger partial charge in [-0.3, -0.25) is 4.79 Å². The first-order valence-electron chi connectivity index (χ1n) is 13.0. The number of sulfonamides is 1. The lowest BCUT2D eigenvalue weighted by Gasteiger charge is -2.50. The van der Waals surface area contributed by atoms with Gasteiger partial charge >= 0.3 is 0 Å². The minimum atomic E-state index is -4.15. The third-order valence-corrected chi connectivity index (χ3v) is 9.96. The second-order valence-corrected chi connectivity index (χ2v) is 13.3. The molecule has 2 aliphatic heterocycles. The van der Waals surface area contributed by atoms with Gasteiger partial charge in [0.25, 0.3) is 10.0 Å². The van der Waals surface area contributed by atoms with Crippen molar-refractivity contribution in [1.82, 2.24) is 4.72 Å². The quantitative estimate of drug-likeness (QED) is 0.348. The van der Waals surface area contributed by atoms with Gasteiger partial charge in [-0.05, 0) is 81.5 Å². The van der Waals surface area contributed by atoms with Crippen LogP contribution in [0.1, 0.15) is 49.5 Å². The predicted octanol–water partition coefficient (Wildman–Crippen LogP) is 6.67. The second-order valence-electron chi connectivity index (χ2n) is 10.8. The lowest BCUT2D eigenvalue weighted by atomic mass is 9.71. The topological polar surface area (TPSA) is 81.7 Å². The zero-order valence-corrected chi connectivity index (χ0v) is 24.3. The van der Waals surface area contributed by atoms with Crippen LogP contribution in [0.3, 0.4) is 0 Å². The van der Waals surface area contributed by atoms with Crippen LogP contribution in [0.2, 0.25) is 10.0 Å². The maximum Gasteiger partial charge on any atom is 0.264 e. The van der Waals surface area contributed by atoms with Crippen LogP contribution in [0.15, 0.2) is 71.6 Å². The van der Waals surface area contributed by atoms with Gasteiger partial charge in [-0.2, -0.15) is 0 Å². The Hall–Kier alpha value is -2.58. The molecule has 1 fully saturated rings. The van der Waals surface area contributed by atoms with E-state index in [4.69, 9.17) is 32.7 Å². The molecule has 2 heterocycles. The van der Waals surface area contributed by atoms with Crippen molar-refractivity contribution in [3.8, 4) is 5.75 Å². The Balaban J connectivity index is 1.47. The first-order chi connectivity index (χ1) is 18.5. The summed E-state index contributed by atoms with van der Waals surface area (Å²) in [7, 11) is -4.15. The van der Waals surface area contributed by atoms with Crippen molar-refractivity contribution in [2.75, 3.05) is 0 Å². The molecular weight excluding hydrogens is 557 g/mol. The van der Waals surface area contributed by atoms with Crippen LogP contribution in [0, 0.1) is 18.8 Å². The highest BCUT2D eigenvalue weighted by Gasteiger charge is 2.52. The maximum absolute atomic E-state index is 13.7. The molecule has 0 bridgehead atoms. The molecule has 4 atom stereocenters. The Labute approximate surface area is 239 Å². The SMILES string of the molecule is Cc1c(Cl)cccc1S(=O)(=O)NC(=O)[C@H]1C[C@H]2[C@H](O[C@H]1CCc1ccccc1)c1cc(Cl)ccc1OC2(C)C. The van der Waals surface area contributed by atoms with Crippen molar-refractivity contribution in [3.05, 3.63) is 93.5 Å². The van der Waals surface area contributed by atoms with Gasteiger partial charge in [-0.15, -0.1) is 0 Å². The highest BCUT2D eigenvalue weighted by Crippen LogP contribution is 2.53. The highest BCUT2D eigenvalue weighted by molar-refractivity contribution is 7.90. The summed E-state index contributed by atoms with van der Waals surface area (Å²) < 4.78 is 41.9. The van der Waals surface area contributed by atoms with E-state index in [1.165, 1.54) is 6.07 Å². The van der Waals surface area contributed by atoms with Crippen molar-refractivity contribution in [2.24, 2.45) is 11.8 Å². The number of benzene rings is 3. The van der Waals surface area contributed by atoms with Crippen LogP contribution in [-0.4, -0.2) is 26.0 Å². The first kappa shape index (κ1) is 28.0.